The van der Waals surface area contributed by atoms with Gasteiger partial charge in [-0.3, -0.25) is 4.79 Å². The maximum absolute atomic E-state index is 12.5. The van der Waals surface area contributed by atoms with Crippen molar-refractivity contribution >= 4 is 45.6 Å². The Hall–Kier alpha value is -0.880. The molecule has 1 aromatic carbocycles. The highest BCUT2D eigenvalue weighted by atomic mass is 79.9. The summed E-state index contributed by atoms with van der Waals surface area (Å²) >= 11 is 5.09. The van der Waals surface area contributed by atoms with Gasteiger partial charge in [0.1, 0.15) is 5.54 Å². The molecule has 1 atom stereocenters. The van der Waals surface area contributed by atoms with E-state index in [9.17, 15) is 4.79 Å². The van der Waals surface area contributed by atoms with E-state index in [-0.39, 0.29) is 23.7 Å². The highest BCUT2D eigenvalue weighted by Crippen LogP contribution is 2.27. The van der Waals surface area contributed by atoms with Gasteiger partial charge in [-0.05, 0) is 36.1 Å². The molecule has 0 bridgehead atoms. The van der Waals surface area contributed by atoms with Gasteiger partial charge < -0.3 is 11.1 Å². The van der Waals surface area contributed by atoms with Crippen molar-refractivity contribution in [2.24, 2.45) is 5.73 Å². The molecular formula is C17H22BrClN2OS. The second-order valence-corrected chi connectivity index (χ2v) is 8.12. The lowest BCUT2D eigenvalue weighted by molar-refractivity contribution is -0.126. The average Bonchev–Trinajstić information content (AvgIpc) is 3.00. The van der Waals surface area contributed by atoms with E-state index in [4.69, 9.17) is 5.73 Å². The number of carbonyl (C=O) groups is 1. The molecule has 23 heavy (non-hydrogen) atoms. The summed E-state index contributed by atoms with van der Waals surface area (Å²) in [7, 11) is 0. The first-order valence-corrected chi connectivity index (χ1v) is 8.78. The maximum Gasteiger partial charge on any atom is 0.244 e. The van der Waals surface area contributed by atoms with Crippen LogP contribution in [0, 0.1) is 0 Å². The van der Waals surface area contributed by atoms with E-state index in [1.54, 1.807) is 18.3 Å². The maximum atomic E-state index is 12.5. The highest BCUT2D eigenvalue weighted by molar-refractivity contribution is 9.10. The second kappa shape index (κ2) is 7.79. The fourth-order valence-electron chi connectivity index (χ4n) is 2.16. The Kier molecular flexibility index (Phi) is 6.83. The average molecular weight is 418 g/mol. The van der Waals surface area contributed by atoms with Crippen molar-refractivity contribution in [3.8, 4) is 0 Å². The van der Waals surface area contributed by atoms with E-state index in [1.165, 1.54) is 4.88 Å². The summed E-state index contributed by atoms with van der Waals surface area (Å²) in [6.45, 7) is 6.53. The van der Waals surface area contributed by atoms with Gasteiger partial charge in [-0.1, -0.05) is 48.0 Å². The third-order valence-corrected chi connectivity index (χ3v) is 5.56. The normalized spacial score (nSPS) is 13.8. The summed E-state index contributed by atoms with van der Waals surface area (Å²) in [6, 6.07) is 11.6. The summed E-state index contributed by atoms with van der Waals surface area (Å²) in [6.07, 6.45) is 0. The minimum Gasteiger partial charge on any atom is -0.353 e. The number of amides is 1. The number of nitrogens with one attached hydrogen (secondary N) is 1. The number of carbonyl (C=O) groups excluding carboxylic acids is 1. The lowest BCUT2D eigenvalue weighted by atomic mass is 9.89. The molecule has 2 rings (SSSR count). The molecule has 0 spiro atoms. The van der Waals surface area contributed by atoms with Gasteiger partial charge in [0, 0.05) is 21.3 Å². The first kappa shape index (κ1) is 20.2. The van der Waals surface area contributed by atoms with Crippen LogP contribution in [0.4, 0.5) is 0 Å². The lowest BCUT2D eigenvalue weighted by Gasteiger charge is -2.28. The quantitative estimate of drug-likeness (QED) is 0.766. The molecule has 126 valence electrons. The Bertz CT molecular complexity index is 639. The molecule has 0 aliphatic heterocycles. The van der Waals surface area contributed by atoms with Crippen molar-refractivity contribution in [1.82, 2.24) is 5.32 Å². The zero-order valence-electron chi connectivity index (χ0n) is 13.4. The van der Waals surface area contributed by atoms with Gasteiger partial charge in [-0.15, -0.1) is 23.7 Å². The smallest absolute Gasteiger partial charge is 0.244 e. The molecule has 1 unspecified atom stereocenters. The van der Waals surface area contributed by atoms with Crippen molar-refractivity contribution in [3.05, 3.63) is 56.7 Å². The van der Waals surface area contributed by atoms with Gasteiger partial charge in [0.15, 0.2) is 0 Å². The van der Waals surface area contributed by atoms with Crippen LogP contribution >= 0.6 is 39.7 Å². The second-order valence-electron chi connectivity index (χ2n) is 6.25. The number of hydrogen-bond donors (Lipinski definition) is 2. The molecule has 0 radical (unpaired) electrons. The summed E-state index contributed by atoms with van der Waals surface area (Å²) in [5.74, 6) is -0.167. The van der Waals surface area contributed by atoms with E-state index in [0.29, 0.717) is 6.54 Å². The molecule has 0 saturated heterocycles. The molecule has 1 aromatic heterocycles. The van der Waals surface area contributed by atoms with E-state index < -0.39 is 5.54 Å². The summed E-state index contributed by atoms with van der Waals surface area (Å²) in [5, 5.41) is 5.04. The lowest BCUT2D eigenvalue weighted by Crippen LogP contribution is -2.51. The number of benzene rings is 1. The Morgan fingerprint density at radius 2 is 1.83 bits per heavy atom. The summed E-state index contributed by atoms with van der Waals surface area (Å²) in [5.41, 5.74) is 5.89. The van der Waals surface area contributed by atoms with Crippen LogP contribution in [0.2, 0.25) is 0 Å². The monoisotopic (exact) mass is 416 g/mol. The molecule has 0 fully saturated rings. The van der Waals surface area contributed by atoms with Crippen LogP contribution in [-0.4, -0.2) is 12.5 Å². The van der Waals surface area contributed by atoms with Crippen molar-refractivity contribution in [1.29, 1.82) is 0 Å². The van der Waals surface area contributed by atoms with Gasteiger partial charge in [0.05, 0.1) is 0 Å². The fourth-order valence-corrected chi connectivity index (χ4v) is 3.28. The van der Waals surface area contributed by atoms with Crippen LogP contribution in [0.1, 0.15) is 31.2 Å². The third kappa shape index (κ3) is 4.80. The van der Waals surface area contributed by atoms with Crippen molar-refractivity contribution in [2.75, 3.05) is 6.54 Å². The van der Waals surface area contributed by atoms with Gasteiger partial charge in [-0.25, -0.2) is 0 Å². The number of nitrogens with two attached hydrogens (primary N) is 1. The molecule has 0 saturated carbocycles. The predicted octanol–water partition coefficient (Wildman–Crippen LogP) is 4.20. The standard InChI is InChI=1S/C17H21BrN2OS.ClH/c1-16(2,14-5-4-10-22-14)11-20-15(21)17(3,19)12-6-8-13(18)9-7-12;/h4-10H,11,19H2,1-3H3,(H,20,21);1H. The Labute approximate surface area is 156 Å². The summed E-state index contributed by atoms with van der Waals surface area (Å²) < 4.78 is 0.964. The van der Waals surface area contributed by atoms with Crippen LogP contribution in [0.5, 0.6) is 0 Å². The van der Waals surface area contributed by atoms with E-state index in [1.807, 2.05) is 35.7 Å². The first-order chi connectivity index (χ1) is 10.2. The molecule has 1 heterocycles. The fraction of sp³-hybridized carbons (Fsp3) is 0.353. The Morgan fingerprint density at radius 3 is 2.35 bits per heavy atom. The molecule has 3 N–H and O–H groups in total. The van der Waals surface area contributed by atoms with Gasteiger partial charge >= 0.3 is 0 Å². The van der Waals surface area contributed by atoms with Crippen molar-refractivity contribution in [3.63, 3.8) is 0 Å². The zero-order valence-corrected chi connectivity index (χ0v) is 16.6. The predicted molar refractivity (Wildman–Crippen MR) is 103 cm³/mol. The SMILES string of the molecule is CC(C)(CNC(=O)C(C)(N)c1ccc(Br)cc1)c1cccs1.Cl. The van der Waals surface area contributed by atoms with E-state index in [2.05, 4.69) is 41.2 Å². The Morgan fingerprint density at radius 1 is 1.22 bits per heavy atom. The first-order valence-electron chi connectivity index (χ1n) is 7.11. The van der Waals surface area contributed by atoms with Gasteiger partial charge in [0.25, 0.3) is 0 Å². The largest absolute Gasteiger partial charge is 0.353 e. The van der Waals surface area contributed by atoms with Crippen LogP contribution in [0.3, 0.4) is 0 Å². The minimum absolute atomic E-state index is 0. The number of halogens is 2. The number of hydrogen-bond acceptors (Lipinski definition) is 3. The molecule has 0 aliphatic rings. The van der Waals surface area contributed by atoms with Crippen LogP contribution < -0.4 is 11.1 Å². The highest BCUT2D eigenvalue weighted by Gasteiger charge is 2.32. The molecular weight excluding hydrogens is 396 g/mol. The van der Waals surface area contributed by atoms with Crippen LogP contribution in [0.15, 0.2) is 46.3 Å². The molecule has 3 nitrogen and oxygen atoms in total. The molecule has 2 aromatic rings. The van der Waals surface area contributed by atoms with Crippen molar-refractivity contribution in [2.45, 2.75) is 31.7 Å². The molecule has 0 aliphatic carbocycles. The van der Waals surface area contributed by atoms with Gasteiger partial charge in [0.2, 0.25) is 5.91 Å². The van der Waals surface area contributed by atoms with Crippen LogP contribution in [0.25, 0.3) is 0 Å². The minimum atomic E-state index is -1.05. The molecule has 6 heteroatoms. The van der Waals surface area contributed by atoms with Crippen molar-refractivity contribution < 1.29 is 4.79 Å². The molecule has 1 amide bonds. The Balaban J connectivity index is 0.00000264. The van der Waals surface area contributed by atoms with Gasteiger partial charge in [-0.2, -0.15) is 0 Å². The van der Waals surface area contributed by atoms with Crippen LogP contribution in [-0.2, 0) is 15.7 Å². The number of rotatable bonds is 5. The van der Waals surface area contributed by atoms with E-state index >= 15 is 0 Å². The number of thiophene rings is 1. The topological polar surface area (TPSA) is 55.1 Å². The third-order valence-electron chi connectivity index (χ3n) is 3.79. The summed E-state index contributed by atoms with van der Waals surface area (Å²) in [4.78, 5) is 13.8. The zero-order chi connectivity index (χ0) is 16.4. The van der Waals surface area contributed by atoms with E-state index in [0.717, 1.165) is 10.0 Å².